The monoisotopic (exact) mass is 209 g/mol. The van der Waals surface area contributed by atoms with Crippen LogP contribution in [-0.2, 0) is 0 Å². The first-order valence-electron chi connectivity index (χ1n) is 5.23. The number of hydrogen-bond donors (Lipinski definition) is 0. The normalized spacial score (nSPS) is 9.87. The van der Waals surface area contributed by atoms with Gasteiger partial charge >= 0.3 is 0 Å². The minimum atomic E-state index is 0.772. The average molecular weight is 209 g/mol. The van der Waals surface area contributed by atoms with Gasteiger partial charge in [-0.15, -0.1) is 0 Å². The van der Waals surface area contributed by atoms with Crippen LogP contribution in [0.25, 0.3) is 0 Å². The van der Waals surface area contributed by atoms with Crippen molar-refractivity contribution < 1.29 is 9.47 Å². The van der Waals surface area contributed by atoms with Gasteiger partial charge in [-0.2, -0.15) is 0 Å². The Bertz CT molecular complexity index is 308. The molecule has 0 aliphatic rings. The van der Waals surface area contributed by atoms with Crippen LogP contribution in [0.15, 0.2) is 18.2 Å². The summed E-state index contributed by atoms with van der Waals surface area (Å²) < 4.78 is 10.5. The molecule has 0 unspecified atom stereocenters. The van der Waals surface area contributed by atoms with E-state index in [1.165, 1.54) is 0 Å². The van der Waals surface area contributed by atoms with Crippen LogP contribution in [0.3, 0.4) is 0 Å². The van der Waals surface area contributed by atoms with E-state index in [9.17, 15) is 0 Å². The van der Waals surface area contributed by atoms with E-state index in [0.29, 0.717) is 0 Å². The third-order valence-corrected chi connectivity index (χ3v) is 2.50. The van der Waals surface area contributed by atoms with Gasteiger partial charge in [0.1, 0.15) is 0 Å². The fraction of sp³-hybridized carbons (Fsp3) is 0.500. The topological polar surface area (TPSA) is 21.7 Å². The van der Waals surface area contributed by atoms with E-state index < -0.39 is 0 Å². The zero-order chi connectivity index (χ0) is 11.3. The van der Waals surface area contributed by atoms with E-state index in [1.807, 2.05) is 18.2 Å². The van der Waals surface area contributed by atoms with Crippen LogP contribution in [0, 0.1) is 0 Å². The molecule has 0 atom stereocenters. The van der Waals surface area contributed by atoms with Crippen molar-refractivity contribution in [3.63, 3.8) is 0 Å². The molecular weight excluding hydrogens is 190 g/mol. The summed E-state index contributed by atoms with van der Waals surface area (Å²) in [5, 5.41) is 0. The Hall–Kier alpha value is -1.38. The van der Waals surface area contributed by atoms with Gasteiger partial charge in [0.25, 0.3) is 0 Å². The fourth-order valence-electron chi connectivity index (χ4n) is 1.61. The Balaban J connectivity index is 3.01. The molecule has 1 aromatic carbocycles. The molecule has 3 nitrogen and oxygen atoms in total. The fourth-order valence-corrected chi connectivity index (χ4v) is 1.61. The number of rotatable bonds is 5. The molecule has 0 aromatic heterocycles. The van der Waals surface area contributed by atoms with Crippen LogP contribution < -0.4 is 14.4 Å². The van der Waals surface area contributed by atoms with Crippen molar-refractivity contribution in [2.24, 2.45) is 0 Å². The van der Waals surface area contributed by atoms with Crippen molar-refractivity contribution in [3.05, 3.63) is 18.2 Å². The third-order valence-electron chi connectivity index (χ3n) is 2.50. The zero-order valence-electron chi connectivity index (χ0n) is 9.91. The second-order valence-corrected chi connectivity index (χ2v) is 3.21. The lowest BCUT2D eigenvalue weighted by Crippen LogP contribution is -2.21. The molecule has 15 heavy (non-hydrogen) atoms. The molecule has 0 aliphatic heterocycles. The molecule has 0 amide bonds. The van der Waals surface area contributed by atoms with Crippen LogP contribution in [0.4, 0.5) is 5.69 Å². The lowest BCUT2D eigenvalue weighted by molar-refractivity contribution is 0.355. The van der Waals surface area contributed by atoms with Crippen molar-refractivity contribution in [3.8, 4) is 11.5 Å². The predicted molar refractivity (Wildman–Crippen MR) is 63.1 cm³/mol. The number of hydrogen-bond acceptors (Lipinski definition) is 3. The summed E-state index contributed by atoms with van der Waals surface area (Å²) in [4.78, 5) is 2.27. The first kappa shape index (κ1) is 11.7. The molecule has 0 N–H and O–H groups in total. The van der Waals surface area contributed by atoms with Crippen molar-refractivity contribution >= 4 is 5.69 Å². The highest BCUT2D eigenvalue weighted by molar-refractivity contribution is 5.56. The molecule has 0 bridgehead atoms. The summed E-state index contributed by atoms with van der Waals surface area (Å²) in [6.45, 7) is 6.26. The minimum absolute atomic E-state index is 0.772. The second kappa shape index (κ2) is 5.49. The summed E-state index contributed by atoms with van der Waals surface area (Å²) in [6, 6.07) is 5.99. The Morgan fingerprint density at radius 1 is 1.00 bits per heavy atom. The van der Waals surface area contributed by atoms with E-state index in [2.05, 4.69) is 18.7 Å². The SMILES string of the molecule is CCN(CC)c1ccc(OC)c(OC)c1. The van der Waals surface area contributed by atoms with Crippen LogP contribution in [-0.4, -0.2) is 27.3 Å². The Kier molecular flexibility index (Phi) is 4.28. The second-order valence-electron chi connectivity index (χ2n) is 3.21. The number of ether oxygens (including phenoxy) is 2. The maximum Gasteiger partial charge on any atom is 0.162 e. The van der Waals surface area contributed by atoms with Gasteiger partial charge in [0.15, 0.2) is 11.5 Å². The maximum atomic E-state index is 5.26. The highest BCUT2D eigenvalue weighted by Crippen LogP contribution is 2.31. The molecule has 0 heterocycles. The number of anilines is 1. The lowest BCUT2D eigenvalue weighted by atomic mass is 10.2. The molecule has 84 valence electrons. The molecule has 0 fully saturated rings. The number of benzene rings is 1. The van der Waals surface area contributed by atoms with Gasteiger partial charge in [-0.25, -0.2) is 0 Å². The minimum Gasteiger partial charge on any atom is -0.493 e. The Morgan fingerprint density at radius 2 is 1.60 bits per heavy atom. The number of methoxy groups -OCH3 is 2. The van der Waals surface area contributed by atoms with E-state index >= 15 is 0 Å². The van der Waals surface area contributed by atoms with E-state index in [4.69, 9.17) is 9.47 Å². The molecule has 1 aromatic rings. The standard InChI is InChI=1S/C12H19NO2/c1-5-13(6-2)10-7-8-11(14-3)12(9-10)15-4/h7-9H,5-6H2,1-4H3. The molecule has 1 rings (SSSR count). The van der Waals surface area contributed by atoms with Crippen LogP contribution in [0.5, 0.6) is 11.5 Å². The molecule has 0 radical (unpaired) electrons. The van der Waals surface area contributed by atoms with E-state index in [0.717, 1.165) is 30.3 Å². The van der Waals surface area contributed by atoms with Gasteiger partial charge in [-0.05, 0) is 26.0 Å². The van der Waals surface area contributed by atoms with Gasteiger partial charge in [0, 0.05) is 24.8 Å². The van der Waals surface area contributed by atoms with Crippen molar-refractivity contribution in [1.82, 2.24) is 0 Å². The average Bonchev–Trinajstić information content (AvgIpc) is 2.30. The van der Waals surface area contributed by atoms with Crippen molar-refractivity contribution in [2.45, 2.75) is 13.8 Å². The Labute approximate surface area is 91.6 Å². The molecule has 0 saturated carbocycles. The maximum absolute atomic E-state index is 5.26. The quantitative estimate of drug-likeness (QED) is 0.744. The highest BCUT2D eigenvalue weighted by Gasteiger charge is 2.07. The summed E-state index contributed by atoms with van der Waals surface area (Å²) >= 11 is 0. The largest absolute Gasteiger partial charge is 0.493 e. The highest BCUT2D eigenvalue weighted by atomic mass is 16.5. The van der Waals surface area contributed by atoms with Gasteiger partial charge in [-0.1, -0.05) is 0 Å². The summed E-state index contributed by atoms with van der Waals surface area (Å²) in [5.74, 6) is 1.55. The smallest absolute Gasteiger partial charge is 0.162 e. The zero-order valence-corrected chi connectivity index (χ0v) is 9.91. The van der Waals surface area contributed by atoms with Crippen LogP contribution in [0.2, 0.25) is 0 Å². The van der Waals surface area contributed by atoms with Gasteiger partial charge in [0.05, 0.1) is 14.2 Å². The van der Waals surface area contributed by atoms with Gasteiger partial charge < -0.3 is 14.4 Å². The van der Waals surface area contributed by atoms with E-state index in [1.54, 1.807) is 14.2 Å². The van der Waals surface area contributed by atoms with Crippen molar-refractivity contribution in [2.75, 3.05) is 32.2 Å². The third kappa shape index (κ3) is 2.55. The Morgan fingerprint density at radius 3 is 2.07 bits per heavy atom. The molecular formula is C12H19NO2. The van der Waals surface area contributed by atoms with Gasteiger partial charge in [0.2, 0.25) is 0 Å². The lowest BCUT2D eigenvalue weighted by Gasteiger charge is -2.22. The van der Waals surface area contributed by atoms with Crippen molar-refractivity contribution in [1.29, 1.82) is 0 Å². The number of nitrogens with zero attached hydrogens (tertiary/aromatic N) is 1. The predicted octanol–water partition coefficient (Wildman–Crippen LogP) is 2.55. The van der Waals surface area contributed by atoms with Gasteiger partial charge in [-0.3, -0.25) is 0 Å². The van der Waals surface area contributed by atoms with Crippen LogP contribution in [0.1, 0.15) is 13.8 Å². The molecule has 0 saturated heterocycles. The molecule has 3 heteroatoms. The molecule has 0 spiro atoms. The first-order valence-corrected chi connectivity index (χ1v) is 5.23. The summed E-state index contributed by atoms with van der Waals surface area (Å²) in [6.07, 6.45) is 0. The van der Waals surface area contributed by atoms with Crippen LogP contribution >= 0.6 is 0 Å². The summed E-state index contributed by atoms with van der Waals surface area (Å²) in [7, 11) is 3.30. The van der Waals surface area contributed by atoms with E-state index in [-0.39, 0.29) is 0 Å². The molecule has 0 aliphatic carbocycles. The first-order chi connectivity index (χ1) is 7.26. The summed E-state index contributed by atoms with van der Waals surface area (Å²) in [5.41, 5.74) is 1.16.